The fourth-order valence-electron chi connectivity index (χ4n) is 1.54. The SMILES string of the molecule is C[C@H](O)CNC(=S)NCc1ccc2c(c1)OCO2. The van der Waals surface area contributed by atoms with Crippen LogP contribution in [0.1, 0.15) is 12.5 Å². The summed E-state index contributed by atoms with van der Waals surface area (Å²) in [6.45, 7) is 3.02. The number of hydrogen-bond donors (Lipinski definition) is 3. The molecule has 0 aliphatic carbocycles. The number of aliphatic hydroxyl groups is 1. The summed E-state index contributed by atoms with van der Waals surface area (Å²) in [5, 5.41) is 15.6. The van der Waals surface area contributed by atoms with Crippen molar-refractivity contribution in [1.82, 2.24) is 10.6 Å². The molecule has 6 heteroatoms. The first-order valence-electron chi connectivity index (χ1n) is 5.73. The van der Waals surface area contributed by atoms with Crippen molar-refractivity contribution >= 4 is 17.3 Å². The van der Waals surface area contributed by atoms with Crippen LogP contribution >= 0.6 is 12.2 Å². The maximum Gasteiger partial charge on any atom is 0.231 e. The van der Waals surface area contributed by atoms with Gasteiger partial charge in [0.2, 0.25) is 6.79 Å². The summed E-state index contributed by atoms with van der Waals surface area (Å²) < 4.78 is 10.5. The Morgan fingerprint density at radius 3 is 2.94 bits per heavy atom. The zero-order chi connectivity index (χ0) is 13.0. The molecule has 5 nitrogen and oxygen atoms in total. The van der Waals surface area contributed by atoms with E-state index in [1.54, 1.807) is 6.92 Å². The van der Waals surface area contributed by atoms with E-state index in [1.165, 1.54) is 0 Å². The van der Waals surface area contributed by atoms with Crippen molar-refractivity contribution < 1.29 is 14.6 Å². The summed E-state index contributed by atoms with van der Waals surface area (Å²) in [6, 6.07) is 5.76. The van der Waals surface area contributed by atoms with E-state index in [-0.39, 0.29) is 6.79 Å². The van der Waals surface area contributed by atoms with E-state index in [0.29, 0.717) is 18.2 Å². The van der Waals surface area contributed by atoms with Gasteiger partial charge in [0.1, 0.15) is 0 Å². The summed E-state index contributed by atoms with van der Waals surface area (Å²) in [5.74, 6) is 1.53. The van der Waals surface area contributed by atoms with Gasteiger partial charge in [-0.2, -0.15) is 0 Å². The van der Waals surface area contributed by atoms with E-state index in [2.05, 4.69) is 10.6 Å². The van der Waals surface area contributed by atoms with Crippen LogP contribution in [0.4, 0.5) is 0 Å². The van der Waals surface area contributed by atoms with Gasteiger partial charge in [0.05, 0.1) is 6.10 Å². The van der Waals surface area contributed by atoms with Crippen molar-refractivity contribution in [3.63, 3.8) is 0 Å². The van der Waals surface area contributed by atoms with E-state index in [1.807, 2.05) is 18.2 Å². The van der Waals surface area contributed by atoms with Gasteiger partial charge >= 0.3 is 0 Å². The second-order valence-corrected chi connectivity index (χ2v) is 4.51. The molecule has 0 unspecified atom stereocenters. The molecule has 1 heterocycles. The molecule has 0 amide bonds. The van der Waals surface area contributed by atoms with Crippen molar-refractivity contribution in [2.75, 3.05) is 13.3 Å². The van der Waals surface area contributed by atoms with Crippen molar-refractivity contribution in [1.29, 1.82) is 0 Å². The molecule has 2 rings (SSSR count). The van der Waals surface area contributed by atoms with E-state index in [0.717, 1.165) is 17.1 Å². The first-order chi connectivity index (χ1) is 8.65. The Labute approximate surface area is 111 Å². The minimum atomic E-state index is -0.421. The average molecular weight is 268 g/mol. The van der Waals surface area contributed by atoms with Crippen LogP contribution in [0.2, 0.25) is 0 Å². The lowest BCUT2D eigenvalue weighted by Crippen LogP contribution is -2.38. The molecule has 98 valence electrons. The number of nitrogens with one attached hydrogen (secondary N) is 2. The maximum absolute atomic E-state index is 9.11. The molecule has 1 aliphatic heterocycles. The number of aliphatic hydroxyl groups excluding tert-OH is 1. The fourth-order valence-corrected chi connectivity index (χ4v) is 1.69. The second-order valence-electron chi connectivity index (χ2n) is 4.10. The lowest BCUT2D eigenvalue weighted by molar-refractivity contribution is 0.174. The van der Waals surface area contributed by atoms with E-state index >= 15 is 0 Å². The molecule has 0 saturated carbocycles. The Morgan fingerprint density at radius 2 is 2.17 bits per heavy atom. The molecule has 0 aromatic heterocycles. The Kier molecular flexibility index (Phi) is 4.22. The summed E-state index contributed by atoms with van der Waals surface area (Å²) in [4.78, 5) is 0. The van der Waals surface area contributed by atoms with Gasteiger partial charge in [0.25, 0.3) is 0 Å². The number of rotatable bonds is 4. The predicted molar refractivity (Wildman–Crippen MR) is 71.7 cm³/mol. The Balaban J connectivity index is 1.81. The van der Waals surface area contributed by atoms with E-state index in [9.17, 15) is 0 Å². The van der Waals surface area contributed by atoms with Gasteiger partial charge in [-0.15, -0.1) is 0 Å². The van der Waals surface area contributed by atoms with Crippen LogP contribution in [0, 0.1) is 0 Å². The number of thiocarbonyl (C=S) groups is 1. The fraction of sp³-hybridized carbons (Fsp3) is 0.417. The number of hydrogen-bond acceptors (Lipinski definition) is 4. The highest BCUT2D eigenvalue weighted by atomic mass is 32.1. The molecule has 1 aliphatic rings. The van der Waals surface area contributed by atoms with Gasteiger partial charge in [-0.1, -0.05) is 6.07 Å². The molecule has 0 bridgehead atoms. The zero-order valence-electron chi connectivity index (χ0n) is 10.1. The van der Waals surface area contributed by atoms with Crippen LogP contribution in [0.25, 0.3) is 0 Å². The van der Waals surface area contributed by atoms with Crippen LogP contribution < -0.4 is 20.1 Å². The lowest BCUT2D eigenvalue weighted by Gasteiger charge is -2.11. The first kappa shape index (κ1) is 12.9. The second kappa shape index (κ2) is 5.88. The molecule has 1 aromatic rings. The third-order valence-electron chi connectivity index (χ3n) is 2.45. The van der Waals surface area contributed by atoms with Gasteiger partial charge in [0, 0.05) is 13.1 Å². The smallest absolute Gasteiger partial charge is 0.231 e. The van der Waals surface area contributed by atoms with Crippen molar-refractivity contribution in [3.05, 3.63) is 23.8 Å². The third-order valence-corrected chi connectivity index (χ3v) is 2.74. The molecule has 0 radical (unpaired) electrons. The van der Waals surface area contributed by atoms with E-state index < -0.39 is 6.10 Å². The molecule has 18 heavy (non-hydrogen) atoms. The van der Waals surface area contributed by atoms with Crippen molar-refractivity contribution in [3.8, 4) is 11.5 Å². The molecular formula is C12H16N2O3S. The van der Waals surface area contributed by atoms with Gasteiger partial charge < -0.3 is 25.2 Å². The lowest BCUT2D eigenvalue weighted by atomic mass is 10.2. The largest absolute Gasteiger partial charge is 0.454 e. The van der Waals surface area contributed by atoms with Crippen LogP contribution in [-0.4, -0.2) is 29.7 Å². The van der Waals surface area contributed by atoms with Gasteiger partial charge in [-0.3, -0.25) is 0 Å². The highest BCUT2D eigenvalue weighted by Crippen LogP contribution is 2.32. The maximum atomic E-state index is 9.11. The van der Waals surface area contributed by atoms with Crippen LogP contribution in [0.3, 0.4) is 0 Å². The minimum Gasteiger partial charge on any atom is -0.454 e. The highest BCUT2D eigenvalue weighted by Gasteiger charge is 2.12. The topological polar surface area (TPSA) is 62.8 Å². The quantitative estimate of drug-likeness (QED) is 0.701. The molecule has 0 saturated heterocycles. The zero-order valence-corrected chi connectivity index (χ0v) is 10.9. The first-order valence-corrected chi connectivity index (χ1v) is 6.14. The van der Waals surface area contributed by atoms with Crippen LogP contribution in [-0.2, 0) is 6.54 Å². The normalized spacial score (nSPS) is 14.1. The third kappa shape index (κ3) is 3.48. The molecule has 1 aromatic carbocycles. The minimum absolute atomic E-state index is 0.278. The summed E-state index contributed by atoms with van der Waals surface area (Å²) >= 11 is 5.08. The monoisotopic (exact) mass is 268 g/mol. The summed E-state index contributed by atoms with van der Waals surface area (Å²) in [5.41, 5.74) is 1.06. The van der Waals surface area contributed by atoms with Crippen molar-refractivity contribution in [2.24, 2.45) is 0 Å². The number of fused-ring (bicyclic) bond motifs is 1. The molecule has 0 spiro atoms. The predicted octanol–water partition coefficient (Wildman–Crippen LogP) is 0.760. The Hall–Kier alpha value is -1.53. The number of ether oxygens (including phenoxy) is 2. The van der Waals surface area contributed by atoms with Gasteiger partial charge in [0.15, 0.2) is 16.6 Å². The van der Waals surface area contributed by atoms with Crippen LogP contribution in [0.15, 0.2) is 18.2 Å². The molecule has 1 atom stereocenters. The van der Waals surface area contributed by atoms with E-state index in [4.69, 9.17) is 26.8 Å². The molecule has 3 N–H and O–H groups in total. The highest BCUT2D eigenvalue weighted by molar-refractivity contribution is 7.80. The van der Waals surface area contributed by atoms with Crippen LogP contribution in [0.5, 0.6) is 11.5 Å². The average Bonchev–Trinajstić information content (AvgIpc) is 2.81. The Bertz CT molecular complexity index is 437. The summed E-state index contributed by atoms with van der Waals surface area (Å²) in [6.07, 6.45) is -0.421. The standard InChI is InChI=1S/C12H16N2O3S/c1-8(15)5-13-12(18)14-6-9-2-3-10-11(4-9)17-7-16-10/h2-4,8,15H,5-7H2,1H3,(H2,13,14,18)/t8-/m0/s1. The van der Waals surface area contributed by atoms with Gasteiger partial charge in [-0.05, 0) is 36.8 Å². The van der Waals surface area contributed by atoms with Crippen molar-refractivity contribution in [2.45, 2.75) is 19.6 Å². The van der Waals surface area contributed by atoms with Gasteiger partial charge in [-0.25, -0.2) is 0 Å². The number of benzene rings is 1. The Morgan fingerprint density at radius 1 is 1.39 bits per heavy atom. The summed E-state index contributed by atoms with van der Waals surface area (Å²) in [7, 11) is 0. The molecular weight excluding hydrogens is 252 g/mol. The molecule has 0 fully saturated rings.